The monoisotopic (exact) mass is 381 g/mol. The Balaban J connectivity index is 1.56. The molecule has 2 heterocycles. The molecule has 2 amide bonds. The van der Waals surface area contributed by atoms with E-state index < -0.39 is 0 Å². The van der Waals surface area contributed by atoms with E-state index in [2.05, 4.69) is 22.4 Å². The molecule has 1 aliphatic rings. The average molecular weight is 382 g/mol. The number of thiazole rings is 1. The van der Waals surface area contributed by atoms with Gasteiger partial charge in [0.2, 0.25) is 0 Å². The first-order valence-electron chi connectivity index (χ1n) is 9.32. The lowest BCUT2D eigenvalue weighted by Crippen LogP contribution is -2.38. The number of urea groups is 1. The third-order valence-electron chi connectivity index (χ3n) is 5.02. The summed E-state index contributed by atoms with van der Waals surface area (Å²) in [5.41, 5.74) is 2.07. The topological polar surface area (TPSA) is 54.5 Å². The van der Waals surface area contributed by atoms with Crippen LogP contribution in [-0.4, -0.2) is 29.6 Å². The third-order valence-corrected chi connectivity index (χ3v) is 5.97. The summed E-state index contributed by atoms with van der Waals surface area (Å²) in [7, 11) is 1.67. The molecule has 0 radical (unpaired) electrons. The summed E-state index contributed by atoms with van der Waals surface area (Å²) in [6.07, 6.45) is 4.28. The van der Waals surface area contributed by atoms with Gasteiger partial charge in [-0.25, -0.2) is 9.78 Å². The van der Waals surface area contributed by atoms with Crippen molar-refractivity contribution in [3.05, 3.63) is 54.1 Å². The summed E-state index contributed by atoms with van der Waals surface area (Å²) in [5, 5.41) is 3.67. The molecule has 140 valence electrons. The van der Waals surface area contributed by atoms with Gasteiger partial charge >= 0.3 is 6.03 Å². The number of carbonyl (C=O) groups is 1. The highest BCUT2D eigenvalue weighted by Gasteiger charge is 2.27. The van der Waals surface area contributed by atoms with E-state index >= 15 is 0 Å². The molecule has 1 aliphatic heterocycles. The molecule has 1 aromatic heterocycles. The maximum Gasteiger partial charge on any atom is 0.324 e. The van der Waals surface area contributed by atoms with Crippen molar-refractivity contribution < 1.29 is 9.53 Å². The van der Waals surface area contributed by atoms with Gasteiger partial charge < -0.3 is 9.64 Å². The number of nitrogens with zero attached hydrogens (tertiary/aromatic N) is 2. The molecule has 1 saturated heterocycles. The number of amides is 2. The molecule has 27 heavy (non-hydrogen) atoms. The molecule has 1 N–H and O–H groups in total. The highest BCUT2D eigenvalue weighted by Crippen LogP contribution is 2.32. The number of carbonyl (C=O) groups excluding carboxylic acids is 1. The normalized spacial score (nSPS) is 17.5. The van der Waals surface area contributed by atoms with Gasteiger partial charge in [-0.2, -0.15) is 0 Å². The summed E-state index contributed by atoms with van der Waals surface area (Å²) in [4.78, 5) is 19.6. The lowest BCUT2D eigenvalue weighted by Gasteiger charge is -2.30. The summed E-state index contributed by atoms with van der Waals surface area (Å²) < 4.78 is 6.34. The second-order valence-electron chi connectivity index (χ2n) is 6.75. The van der Waals surface area contributed by atoms with Crippen LogP contribution in [0.5, 0.6) is 5.75 Å². The van der Waals surface area contributed by atoms with Crippen LogP contribution in [0.3, 0.4) is 0 Å². The van der Waals surface area contributed by atoms with Crippen LogP contribution in [0.2, 0.25) is 0 Å². The van der Waals surface area contributed by atoms with E-state index in [0.717, 1.165) is 53.8 Å². The number of likely N-dealkylation sites (tertiary alicyclic amines) is 1. The Morgan fingerprint density at radius 1 is 1.15 bits per heavy atom. The molecule has 5 nitrogen and oxygen atoms in total. The van der Waals surface area contributed by atoms with Crippen LogP contribution in [0.25, 0.3) is 10.2 Å². The summed E-state index contributed by atoms with van der Waals surface area (Å²) in [6.45, 7) is 0.757. The van der Waals surface area contributed by atoms with Crippen molar-refractivity contribution in [1.82, 2.24) is 9.88 Å². The summed E-state index contributed by atoms with van der Waals surface area (Å²) in [6, 6.07) is 16.0. The number of aromatic nitrogens is 1. The molecule has 6 heteroatoms. The van der Waals surface area contributed by atoms with Gasteiger partial charge in [-0.1, -0.05) is 48.4 Å². The van der Waals surface area contributed by atoms with Gasteiger partial charge in [0.15, 0.2) is 5.13 Å². The van der Waals surface area contributed by atoms with E-state index in [1.54, 1.807) is 7.11 Å². The minimum Gasteiger partial charge on any atom is -0.497 e. The van der Waals surface area contributed by atoms with E-state index in [1.807, 2.05) is 41.3 Å². The van der Waals surface area contributed by atoms with Crippen molar-refractivity contribution in [2.24, 2.45) is 0 Å². The zero-order chi connectivity index (χ0) is 18.6. The molecule has 1 atom stereocenters. The molecule has 0 aliphatic carbocycles. The van der Waals surface area contributed by atoms with Crippen molar-refractivity contribution in [2.45, 2.75) is 31.7 Å². The number of nitrogens with one attached hydrogen (secondary N) is 1. The minimum atomic E-state index is -0.0724. The van der Waals surface area contributed by atoms with Crippen LogP contribution in [0, 0.1) is 0 Å². The lowest BCUT2D eigenvalue weighted by atomic mass is 10.0. The van der Waals surface area contributed by atoms with E-state index in [4.69, 9.17) is 4.74 Å². The second kappa shape index (κ2) is 7.96. The van der Waals surface area contributed by atoms with Crippen molar-refractivity contribution in [1.29, 1.82) is 0 Å². The molecule has 0 saturated carbocycles. The van der Waals surface area contributed by atoms with Gasteiger partial charge in [0.25, 0.3) is 0 Å². The highest BCUT2D eigenvalue weighted by molar-refractivity contribution is 7.22. The fraction of sp³-hybridized carbons (Fsp3) is 0.333. The Kier molecular flexibility index (Phi) is 5.25. The van der Waals surface area contributed by atoms with Crippen LogP contribution in [0.1, 0.15) is 37.3 Å². The van der Waals surface area contributed by atoms with Gasteiger partial charge in [0.1, 0.15) is 5.75 Å². The molecule has 0 bridgehead atoms. The number of ether oxygens (including phenoxy) is 1. The Labute approximate surface area is 163 Å². The van der Waals surface area contributed by atoms with Gasteiger partial charge in [0.05, 0.1) is 23.4 Å². The number of rotatable bonds is 3. The Morgan fingerprint density at radius 2 is 1.96 bits per heavy atom. The third kappa shape index (κ3) is 3.90. The van der Waals surface area contributed by atoms with Gasteiger partial charge in [-0.3, -0.25) is 5.32 Å². The smallest absolute Gasteiger partial charge is 0.324 e. The largest absolute Gasteiger partial charge is 0.497 e. The summed E-state index contributed by atoms with van der Waals surface area (Å²) in [5.74, 6) is 0.831. The molecule has 0 spiro atoms. The molecule has 4 rings (SSSR count). The van der Waals surface area contributed by atoms with Crippen molar-refractivity contribution >= 4 is 32.7 Å². The van der Waals surface area contributed by atoms with E-state index in [1.165, 1.54) is 11.3 Å². The first-order valence-corrected chi connectivity index (χ1v) is 10.1. The summed E-state index contributed by atoms with van der Waals surface area (Å²) >= 11 is 1.51. The molecule has 0 unspecified atom stereocenters. The first-order chi connectivity index (χ1) is 13.2. The van der Waals surface area contributed by atoms with Crippen LogP contribution >= 0.6 is 11.3 Å². The average Bonchev–Trinajstić information content (AvgIpc) is 2.94. The van der Waals surface area contributed by atoms with Gasteiger partial charge in [-0.05, 0) is 42.7 Å². The van der Waals surface area contributed by atoms with Crippen LogP contribution in [-0.2, 0) is 0 Å². The number of fused-ring (bicyclic) bond motifs is 1. The van der Waals surface area contributed by atoms with Gasteiger partial charge in [0, 0.05) is 6.54 Å². The van der Waals surface area contributed by atoms with Crippen molar-refractivity contribution in [3.8, 4) is 5.75 Å². The fourth-order valence-electron chi connectivity index (χ4n) is 3.61. The second-order valence-corrected chi connectivity index (χ2v) is 7.78. The standard InChI is InChI=1S/C21H23N3O2S/c1-26-16-12-10-15(11-13-16)18-8-3-2-6-14-24(18)21(25)23-20-22-17-7-4-5-9-19(17)27-20/h4-5,7,9-13,18H,2-3,6,8,14H2,1H3,(H,22,23,25)/t18-/m1/s1. The predicted molar refractivity (Wildman–Crippen MR) is 110 cm³/mol. The minimum absolute atomic E-state index is 0.0724. The molecule has 1 fully saturated rings. The number of methoxy groups -OCH3 is 1. The van der Waals surface area contributed by atoms with Crippen molar-refractivity contribution in [2.75, 3.05) is 19.0 Å². The predicted octanol–water partition coefficient (Wildman–Crippen LogP) is 5.45. The number of anilines is 1. The number of hydrogen-bond donors (Lipinski definition) is 1. The Hall–Kier alpha value is -2.60. The maximum absolute atomic E-state index is 13.1. The molecular formula is C21H23N3O2S. The molecule has 3 aromatic rings. The van der Waals surface area contributed by atoms with Crippen molar-refractivity contribution in [3.63, 3.8) is 0 Å². The number of benzene rings is 2. The highest BCUT2D eigenvalue weighted by atomic mass is 32.1. The molecule has 2 aromatic carbocycles. The quantitative estimate of drug-likeness (QED) is 0.656. The lowest BCUT2D eigenvalue weighted by molar-refractivity contribution is 0.189. The molecular weight excluding hydrogens is 358 g/mol. The maximum atomic E-state index is 13.1. The number of para-hydroxylation sites is 1. The van der Waals surface area contributed by atoms with Gasteiger partial charge in [-0.15, -0.1) is 0 Å². The zero-order valence-corrected chi connectivity index (χ0v) is 16.2. The van der Waals surface area contributed by atoms with Crippen LogP contribution < -0.4 is 10.1 Å². The van der Waals surface area contributed by atoms with E-state index in [9.17, 15) is 4.79 Å². The number of hydrogen-bond acceptors (Lipinski definition) is 4. The SMILES string of the molecule is COc1ccc([C@H]2CCCCCN2C(=O)Nc2nc3ccccc3s2)cc1. The van der Waals surface area contributed by atoms with Crippen LogP contribution in [0.15, 0.2) is 48.5 Å². The zero-order valence-electron chi connectivity index (χ0n) is 15.4. The Morgan fingerprint density at radius 3 is 2.74 bits per heavy atom. The van der Waals surface area contributed by atoms with E-state index in [-0.39, 0.29) is 12.1 Å². The Bertz CT molecular complexity index is 890. The first kappa shape index (κ1) is 17.8. The fourth-order valence-corrected chi connectivity index (χ4v) is 4.47. The van der Waals surface area contributed by atoms with Crippen LogP contribution in [0.4, 0.5) is 9.93 Å². The van der Waals surface area contributed by atoms with E-state index in [0.29, 0.717) is 5.13 Å².